The van der Waals surface area contributed by atoms with E-state index in [0.29, 0.717) is 0 Å². The molecule has 0 unspecified atom stereocenters. The van der Waals surface area contributed by atoms with Crippen molar-refractivity contribution in [2.45, 2.75) is 0 Å². The Morgan fingerprint density at radius 2 is 0.292 bits per heavy atom. The van der Waals surface area contributed by atoms with Crippen molar-refractivity contribution in [3.63, 3.8) is 0 Å². The minimum Gasteiger partial charge on any atom is -0.309 e. The van der Waals surface area contributed by atoms with E-state index in [1.807, 2.05) is 0 Å². The number of rotatable bonds is 8. The maximum absolute atomic E-state index is 2.47. The lowest BCUT2D eigenvalue weighted by Gasteiger charge is -2.16. The van der Waals surface area contributed by atoms with E-state index in [0.717, 1.165) is 56.4 Å². The minimum atomic E-state index is 1.10. The largest absolute Gasteiger partial charge is 0.309 e. The second-order valence-electron chi connectivity index (χ2n) is 25.6. The van der Waals surface area contributed by atoms with Gasteiger partial charge in [0, 0.05) is 98.8 Å². The molecule has 0 amide bonds. The van der Waals surface area contributed by atoms with E-state index in [1.165, 1.54) is 131 Å². The zero-order valence-electron chi connectivity index (χ0n) is 52.0. The zero-order valence-corrected chi connectivity index (χ0v) is 52.0. The first kappa shape index (κ1) is 52.7. The Labute approximate surface area is 551 Å². The molecule has 0 saturated carbocycles. The number of nitrogens with zero attached hydrogens (tertiary/aromatic N) is 6. The van der Waals surface area contributed by atoms with Crippen LogP contribution in [0.2, 0.25) is 0 Å². The van der Waals surface area contributed by atoms with Gasteiger partial charge in [-0.3, -0.25) is 0 Å². The lowest BCUT2D eigenvalue weighted by atomic mass is 10.0. The van der Waals surface area contributed by atoms with Crippen LogP contribution >= 0.6 is 0 Å². The smallest absolute Gasteiger partial charge is 0.0548 e. The van der Waals surface area contributed by atoms with E-state index in [4.69, 9.17) is 0 Å². The van der Waals surface area contributed by atoms with Crippen molar-refractivity contribution >= 4 is 131 Å². The summed E-state index contributed by atoms with van der Waals surface area (Å²) >= 11 is 0. The Morgan fingerprint density at radius 3 is 0.500 bits per heavy atom. The average Bonchev–Trinajstić information content (AvgIpc) is 1.56. The van der Waals surface area contributed by atoms with Crippen LogP contribution in [0.4, 0.5) is 0 Å². The van der Waals surface area contributed by atoms with Crippen molar-refractivity contribution in [1.82, 2.24) is 27.4 Å². The average molecular weight is 1220 g/mol. The van der Waals surface area contributed by atoms with E-state index >= 15 is 0 Å². The molecule has 21 rings (SSSR count). The molecule has 96 heavy (non-hydrogen) atoms. The predicted octanol–water partition coefficient (Wildman–Crippen LogP) is 23.6. The zero-order chi connectivity index (χ0) is 62.7. The van der Waals surface area contributed by atoms with Gasteiger partial charge in [-0.25, -0.2) is 0 Å². The molecule has 6 nitrogen and oxygen atoms in total. The number of fused-ring (bicyclic) bond motifs is 18. The normalized spacial score (nSPS) is 12.2. The lowest BCUT2D eigenvalue weighted by Crippen LogP contribution is -2.00. The van der Waals surface area contributed by atoms with Crippen LogP contribution in [-0.4, -0.2) is 27.4 Å². The van der Waals surface area contributed by atoms with Gasteiger partial charge in [0.2, 0.25) is 0 Å². The molecule has 0 saturated heterocycles. The summed E-state index contributed by atoms with van der Waals surface area (Å²) in [5, 5.41) is 14.8. The van der Waals surface area contributed by atoms with Crippen LogP contribution in [0.1, 0.15) is 0 Å². The topological polar surface area (TPSA) is 29.6 Å². The molecule has 21 aromatic rings. The molecule has 15 aromatic carbocycles. The number of para-hydroxylation sites is 10. The third kappa shape index (κ3) is 7.63. The lowest BCUT2D eigenvalue weighted by molar-refractivity contribution is 1.13. The Bertz CT molecular complexity index is 5930. The van der Waals surface area contributed by atoms with Gasteiger partial charge in [-0.2, -0.15) is 0 Å². The van der Waals surface area contributed by atoms with Crippen molar-refractivity contribution in [3.8, 4) is 56.4 Å². The number of hydrogen-bond acceptors (Lipinski definition) is 0. The highest BCUT2D eigenvalue weighted by Gasteiger charge is 2.23. The van der Waals surface area contributed by atoms with Crippen molar-refractivity contribution in [1.29, 1.82) is 0 Å². The van der Waals surface area contributed by atoms with Crippen LogP contribution in [0.3, 0.4) is 0 Å². The third-order valence-corrected chi connectivity index (χ3v) is 20.5. The van der Waals surface area contributed by atoms with E-state index < -0.39 is 0 Å². The first-order chi connectivity index (χ1) is 47.6. The molecule has 6 heterocycles. The number of aromatic nitrogens is 6. The van der Waals surface area contributed by atoms with Gasteiger partial charge < -0.3 is 27.4 Å². The monoisotopic (exact) mass is 1220 g/mol. The molecular weight excluding hydrogens is 1170 g/mol. The van der Waals surface area contributed by atoms with Crippen LogP contribution in [-0.2, 0) is 0 Å². The molecule has 0 spiro atoms. The standard InChI is InChI=1S/C90H56N6/c1-11-31-79-67(21-1)68-22-2-12-32-80(68)93(79)63-49-59(50-64(53-63)94-81-33-13-3-23-69(81)70-24-4-14-34-82(70)94)57-41-45-61(46-42-57)91-87-39-19-9-29-75(87)77-56-90-78(55-89(77)91)76-30-10-20-40-88(76)92(90)62-47-43-58(44-48-62)60-51-65(95-83-35-15-5-25-71(83)72-26-6-16-36-84(72)95)54-66(52-60)96-85-37-17-7-27-73(85)74-28-8-18-38-86(74)96/h1-56H. The van der Waals surface area contributed by atoms with Gasteiger partial charge in [-0.1, -0.05) is 206 Å². The van der Waals surface area contributed by atoms with Gasteiger partial charge >= 0.3 is 0 Å². The van der Waals surface area contributed by atoms with Crippen molar-refractivity contribution < 1.29 is 0 Å². The summed E-state index contributed by atoms with van der Waals surface area (Å²) in [6.07, 6.45) is 0. The van der Waals surface area contributed by atoms with Crippen molar-refractivity contribution in [2.75, 3.05) is 0 Å². The van der Waals surface area contributed by atoms with E-state index in [9.17, 15) is 0 Å². The van der Waals surface area contributed by atoms with Gasteiger partial charge in [-0.15, -0.1) is 0 Å². The fraction of sp³-hybridized carbons (Fsp3) is 0. The minimum absolute atomic E-state index is 1.10. The SMILES string of the molecule is c1ccc2c(c1)c1ccccc1n2-c1cc(-c2ccc(-n3c4ccccc4c4cc5c(cc43)c3ccccc3n5-c3ccc(-c4cc(-n5c6ccccc6c6ccccc65)cc(-n5c6ccccc6c6ccccc65)c4)cc3)cc2)cc(-n2c3ccccc3c3ccccc32)c1. The summed E-state index contributed by atoms with van der Waals surface area (Å²) < 4.78 is 14.7. The van der Waals surface area contributed by atoms with E-state index in [1.54, 1.807) is 0 Å². The van der Waals surface area contributed by atoms with Gasteiger partial charge in [-0.05, 0) is 156 Å². The Balaban J connectivity index is 0.707. The molecule has 0 aliphatic rings. The fourth-order valence-corrected chi connectivity index (χ4v) is 16.4. The molecule has 0 bridgehead atoms. The quantitative estimate of drug-likeness (QED) is 0.145. The summed E-state index contributed by atoms with van der Waals surface area (Å²) in [4.78, 5) is 0. The second-order valence-corrected chi connectivity index (χ2v) is 25.6. The van der Waals surface area contributed by atoms with E-state index in [-0.39, 0.29) is 0 Å². The second kappa shape index (κ2) is 20.3. The molecule has 0 radical (unpaired) electrons. The molecule has 0 aliphatic carbocycles. The van der Waals surface area contributed by atoms with Gasteiger partial charge in [0.15, 0.2) is 0 Å². The highest BCUT2D eigenvalue weighted by Crippen LogP contribution is 2.44. The molecule has 0 N–H and O–H groups in total. The predicted molar refractivity (Wildman–Crippen MR) is 403 cm³/mol. The third-order valence-electron chi connectivity index (χ3n) is 20.5. The van der Waals surface area contributed by atoms with Crippen LogP contribution in [0.5, 0.6) is 0 Å². The van der Waals surface area contributed by atoms with Crippen molar-refractivity contribution in [3.05, 3.63) is 340 Å². The molecule has 0 aliphatic heterocycles. The van der Waals surface area contributed by atoms with Crippen LogP contribution < -0.4 is 0 Å². The molecule has 446 valence electrons. The summed E-state index contributed by atoms with van der Waals surface area (Å²) in [6.45, 7) is 0. The van der Waals surface area contributed by atoms with Gasteiger partial charge in [0.1, 0.15) is 0 Å². The maximum atomic E-state index is 2.47. The Kier molecular flexibility index (Phi) is 11.1. The van der Waals surface area contributed by atoms with Gasteiger partial charge in [0.25, 0.3) is 0 Å². The summed E-state index contributed by atoms with van der Waals surface area (Å²) in [6, 6.07) is 126. The maximum Gasteiger partial charge on any atom is 0.0548 e. The Morgan fingerprint density at radius 1 is 0.115 bits per heavy atom. The fourth-order valence-electron chi connectivity index (χ4n) is 16.4. The highest BCUT2D eigenvalue weighted by atomic mass is 15.0. The molecule has 6 heteroatoms. The highest BCUT2D eigenvalue weighted by molar-refractivity contribution is 6.20. The van der Waals surface area contributed by atoms with Crippen molar-refractivity contribution in [2.24, 2.45) is 0 Å². The van der Waals surface area contributed by atoms with E-state index in [2.05, 4.69) is 367 Å². The first-order valence-electron chi connectivity index (χ1n) is 33.1. The van der Waals surface area contributed by atoms with Crippen LogP contribution in [0.15, 0.2) is 340 Å². The Hall–Kier alpha value is -12.9. The number of hydrogen-bond donors (Lipinski definition) is 0. The summed E-state index contributed by atoms with van der Waals surface area (Å²) in [5.74, 6) is 0. The van der Waals surface area contributed by atoms with Crippen LogP contribution in [0, 0.1) is 0 Å². The molecule has 0 atom stereocenters. The molecule has 0 fully saturated rings. The summed E-state index contributed by atoms with van der Waals surface area (Å²) in [5.41, 5.74) is 25.3. The van der Waals surface area contributed by atoms with Crippen LogP contribution in [0.25, 0.3) is 187 Å². The molecular formula is C90H56N6. The summed E-state index contributed by atoms with van der Waals surface area (Å²) in [7, 11) is 0. The number of benzene rings is 15. The van der Waals surface area contributed by atoms with Gasteiger partial charge in [0.05, 0.1) is 66.2 Å². The first-order valence-corrected chi connectivity index (χ1v) is 33.1. The molecule has 6 aromatic heterocycles.